The van der Waals surface area contributed by atoms with E-state index in [2.05, 4.69) is 25.2 Å². The third kappa shape index (κ3) is 4.71. The fourth-order valence-corrected chi connectivity index (χ4v) is 5.13. The Morgan fingerprint density at radius 2 is 1.81 bits per heavy atom. The van der Waals surface area contributed by atoms with E-state index >= 15 is 0 Å². The van der Waals surface area contributed by atoms with Crippen LogP contribution in [0.15, 0.2) is 48.1 Å². The van der Waals surface area contributed by atoms with Crippen LogP contribution in [-0.2, 0) is 16.0 Å². The van der Waals surface area contributed by atoms with E-state index in [9.17, 15) is 14.4 Å². The molecule has 0 saturated heterocycles. The number of benzene rings is 1. The van der Waals surface area contributed by atoms with Crippen molar-refractivity contribution in [2.45, 2.75) is 65.2 Å². The molecule has 31 heavy (non-hydrogen) atoms. The Balaban J connectivity index is 1.39. The average molecular weight is 417 g/mol. The summed E-state index contributed by atoms with van der Waals surface area (Å²) in [5, 5.41) is 0. The Kier molecular flexibility index (Phi) is 6.50. The van der Waals surface area contributed by atoms with Crippen LogP contribution in [0.5, 0.6) is 0 Å². The summed E-state index contributed by atoms with van der Waals surface area (Å²) in [5.41, 5.74) is 4.41. The lowest BCUT2D eigenvalue weighted by Crippen LogP contribution is -2.22. The SMILES string of the molecule is CCC(=O)C(=O)C1=CCc2ccc(C(=O)C3CCC(CC4=CCC(C)C=C4)CC3)cc21. The molecule has 0 radical (unpaired) electrons. The van der Waals surface area contributed by atoms with Crippen LogP contribution < -0.4 is 0 Å². The second-order valence-corrected chi connectivity index (χ2v) is 9.44. The summed E-state index contributed by atoms with van der Waals surface area (Å²) in [6.45, 7) is 3.95. The van der Waals surface area contributed by atoms with Crippen LogP contribution >= 0.6 is 0 Å². The molecule has 1 unspecified atom stereocenters. The maximum absolute atomic E-state index is 13.2. The van der Waals surface area contributed by atoms with Gasteiger partial charge in [-0.1, -0.05) is 55.9 Å². The quantitative estimate of drug-likeness (QED) is 0.400. The molecule has 3 aliphatic carbocycles. The maximum Gasteiger partial charge on any atom is 0.228 e. The first-order valence-corrected chi connectivity index (χ1v) is 11.8. The van der Waals surface area contributed by atoms with Gasteiger partial charge >= 0.3 is 0 Å². The molecule has 1 fully saturated rings. The molecule has 1 aromatic rings. The van der Waals surface area contributed by atoms with E-state index in [0.717, 1.165) is 49.7 Å². The minimum Gasteiger partial charge on any atom is -0.294 e. The first-order valence-electron chi connectivity index (χ1n) is 11.8. The predicted molar refractivity (Wildman–Crippen MR) is 124 cm³/mol. The fourth-order valence-electron chi connectivity index (χ4n) is 5.13. The molecule has 0 N–H and O–H groups in total. The minimum atomic E-state index is -0.424. The third-order valence-electron chi connectivity index (χ3n) is 7.16. The highest BCUT2D eigenvalue weighted by molar-refractivity contribution is 6.54. The summed E-state index contributed by atoms with van der Waals surface area (Å²) in [5.74, 6) is 0.772. The number of fused-ring (bicyclic) bond motifs is 1. The lowest BCUT2D eigenvalue weighted by atomic mass is 9.76. The molecule has 3 nitrogen and oxygen atoms in total. The Bertz CT molecular complexity index is 984. The van der Waals surface area contributed by atoms with Gasteiger partial charge in [-0.3, -0.25) is 14.4 Å². The van der Waals surface area contributed by atoms with E-state index in [0.29, 0.717) is 29.4 Å². The van der Waals surface area contributed by atoms with Crippen LogP contribution in [0.3, 0.4) is 0 Å². The number of ketones is 3. The van der Waals surface area contributed by atoms with Gasteiger partial charge in [-0.25, -0.2) is 0 Å². The van der Waals surface area contributed by atoms with E-state index in [4.69, 9.17) is 0 Å². The second-order valence-electron chi connectivity index (χ2n) is 9.44. The maximum atomic E-state index is 13.2. The Morgan fingerprint density at radius 1 is 1.03 bits per heavy atom. The molecular weight excluding hydrogens is 384 g/mol. The van der Waals surface area contributed by atoms with Crippen molar-refractivity contribution >= 4 is 22.9 Å². The zero-order chi connectivity index (χ0) is 22.0. The van der Waals surface area contributed by atoms with Gasteiger partial charge in [-0.15, -0.1) is 0 Å². The van der Waals surface area contributed by atoms with Gasteiger partial charge < -0.3 is 0 Å². The number of Topliss-reactive ketones (excluding diaryl/α,β-unsaturated/α-hetero) is 3. The van der Waals surface area contributed by atoms with Gasteiger partial charge in [0.1, 0.15) is 0 Å². The van der Waals surface area contributed by atoms with Gasteiger partial charge in [-0.2, -0.15) is 0 Å². The zero-order valence-electron chi connectivity index (χ0n) is 18.7. The van der Waals surface area contributed by atoms with Gasteiger partial charge in [-0.05, 0) is 74.0 Å². The first kappa shape index (κ1) is 21.7. The molecule has 0 heterocycles. The molecule has 0 bridgehead atoms. The van der Waals surface area contributed by atoms with Gasteiger partial charge in [0.05, 0.1) is 0 Å². The molecule has 0 aliphatic heterocycles. The van der Waals surface area contributed by atoms with Gasteiger partial charge in [0, 0.05) is 23.5 Å². The number of carbonyl (C=O) groups is 3. The van der Waals surface area contributed by atoms with E-state index in [1.807, 2.05) is 24.3 Å². The van der Waals surface area contributed by atoms with Crippen LogP contribution in [0.4, 0.5) is 0 Å². The van der Waals surface area contributed by atoms with Crippen molar-refractivity contribution in [3.8, 4) is 0 Å². The van der Waals surface area contributed by atoms with Crippen LogP contribution in [0, 0.1) is 17.8 Å². The smallest absolute Gasteiger partial charge is 0.228 e. The summed E-state index contributed by atoms with van der Waals surface area (Å²) in [7, 11) is 0. The highest BCUT2D eigenvalue weighted by atomic mass is 16.2. The minimum absolute atomic E-state index is 0.0620. The topological polar surface area (TPSA) is 51.2 Å². The van der Waals surface area contributed by atoms with E-state index in [1.54, 1.807) is 6.92 Å². The summed E-state index contributed by atoms with van der Waals surface area (Å²) < 4.78 is 0. The molecule has 0 amide bonds. The standard InChI is InChI=1S/C28H32O3/c1-3-26(29)28(31)24-15-14-21-12-13-23(17-25(21)24)27(30)22-10-8-20(9-11-22)16-19-6-4-18(2)5-7-19/h4,6-7,12-13,15,17-18,20,22H,3,5,8-11,14,16H2,1-2H3. The molecule has 3 heteroatoms. The Labute approximate surface area is 185 Å². The number of allylic oxidation sites excluding steroid dienone is 6. The van der Waals surface area contributed by atoms with Gasteiger partial charge in [0.2, 0.25) is 11.6 Å². The average Bonchev–Trinajstić information content (AvgIpc) is 3.23. The van der Waals surface area contributed by atoms with E-state index in [-0.39, 0.29) is 23.9 Å². The fraction of sp³-hybridized carbons (Fsp3) is 0.464. The van der Waals surface area contributed by atoms with Crippen LogP contribution in [0.2, 0.25) is 0 Å². The number of carbonyl (C=O) groups excluding carboxylic acids is 3. The summed E-state index contributed by atoms with van der Waals surface area (Å²) >= 11 is 0. The largest absolute Gasteiger partial charge is 0.294 e. The highest BCUT2D eigenvalue weighted by Crippen LogP contribution is 2.36. The summed E-state index contributed by atoms with van der Waals surface area (Å²) in [6, 6.07) is 5.70. The van der Waals surface area contributed by atoms with Gasteiger partial charge in [0.25, 0.3) is 0 Å². The summed E-state index contributed by atoms with van der Waals surface area (Å²) in [6.07, 6.45) is 16.0. The number of rotatable bonds is 7. The van der Waals surface area contributed by atoms with Crippen molar-refractivity contribution in [2.75, 3.05) is 0 Å². The van der Waals surface area contributed by atoms with Crippen molar-refractivity contribution in [1.29, 1.82) is 0 Å². The lowest BCUT2D eigenvalue weighted by molar-refractivity contribution is -0.133. The monoisotopic (exact) mass is 416 g/mol. The number of hydrogen-bond acceptors (Lipinski definition) is 3. The molecule has 1 atom stereocenters. The lowest BCUT2D eigenvalue weighted by Gasteiger charge is -2.28. The van der Waals surface area contributed by atoms with Crippen molar-refractivity contribution in [2.24, 2.45) is 17.8 Å². The van der Waals surface area contributed by atoms with Crippen LogP contribution in [0.1, 0.15) is 80.3 Å². The molecule has 0 aromatic heterocycles. The molecule has 0 spiro atoms. The molecule has 4 rings (SSSR count). The van der Waals surface area contributed by atoms with Crippen molar-refractivity contribution < 1.29 is 14.4 Å². The van der Waals surface area contributed by atoms with Crippen molar-refractivity contribution in [3.63, 3.8) is 0 Å². The molecule has 3 aliphatic rings. The first-order chi connectivity index (χ1) is 15.0. The predicted octanol–water partition coefficient (Wildman–Crippen LogP) is 6.08. The molecule has 162 valence electrons. The van der Waals surface area contributed by atoms with Crippen LogP contribution in [0.25, 0.3) is 5.57 Å². The normalized spacial score (nSPS) is 24.9. The van der Waals surface area contributed by atoms with E-state index < -0.39 is 5.78 Å². The Hall–Kier alpha value is -2.55. The third-order valence-corrected chi connectivity index (χ3v) is 7.16. The van der Waals surface area contributed by atoms with Gasteiger partial charge in [0.15, 0.2) is 5.78 Å². The second kappa shape index (κ2) is 9.30. The zero-order valence-corrected chi connectivity index (χ0v) is 18.7. The Morgan fingerprint density at radius 3 is 2.48 bits per heavy atom. The molecule has 1 aromatic carbocycles. The van der Waals surface area contributed by atoms with Crippen molar-refractivity contribution in [1.82, 2.24) is 0 Å². The highest BCUT2D eigenvalue weighted by Gasteiger charge is 2.29. The summed E-state index contributed by atoms with van der Waals surface area (Å²) in [4.78, 5) is 37.5. The van der Waals surface area contributed by atoms with E-state index in [1.165, 1.54) is 5.57 Å². The van der Waals surface area contributed by atoms with Crippen molar-refractivity contribution in [3.05, 3.63) is 64.8 Å². The number of hydrogen-bond donors (Lipinski definition) is 0. The van der Waals surface area contributed by atoms with Crippen LogP contribution in [-0.4, -0.2) is 17.3 Å². The molecular formula is C28H32O3. The molecule has 1 saturated carbocycles.